The highest BCUT2D eigenvalue weighted by atomic mass is 19.4. The Balaban J connectivity index is 1.21. The van der Waals surface area contributed by atoms with Crippen LogP contribution in [0.25, 0.3) is 32.9 Å². The molecule has 4 heterocycles. The summed E-state index contributed by atoms with van der Waals surface area (Å²) in [6, 6.07) is 4.70. The van der Waals surface area contributed by atoms with E-state index in [1.807, 2.05) is 4.90 Å². The Morgan fingerprint density at radius 3 is 2.57 bits per heavy atom. The SMILES string of the molecule is C#Cc1c(F)ccc2cc(O)cc(-c3nc(OC)c4c(N5CCCOCC5)nc(OCC56CCCC5N(C5CC(O)(C(F)(F)F)C5)CCC6)nc4c3F)c12. The summed E-state index contributed by atoms with van der Waals surface area (Å²) < 4.78 is 90.6. The minimum Gasteiger partial charge on any atom is -0.508 e. The van der Waals surface area contributed by atoms with Crippen LogP contribution in [0, 0.1) is 29.4 Å². The maximum Gasteiger partial charge on any atom is 0.417 e. The fraction of sp³-hybridized carbons (Fsp3) is 0.513. The Morgan fingerprint density at radius 1 is 1.02 bits per heavy atom. The number of phenols is 1. The first-order valence-corrected chi connectivity index (χ1v) is 18.2. The molecule has 4 aliphatic rings. The number of aliphatic hydroxyl groups is 1. The van der Waals surface area contributed by atoms with E-state index in [0.29, 0.717) is 50.5 Å². The lowest BCUT2D eigenvalue weighted by Gasteiger charge is -2.55. The largest absolute Gasteiger partial charge is 0.508 e. The molecule has 2 unspecified atom stereocenters. The van der Waals surface area contributed by atoms with E-state index in [9.17, 15) is 23.4 Å². The van der Waals surface area contributed by atoms with E-state index in [4.69, 9.17) is 25.6 Å². The van der Waals surface area contributed by atoms with Gasteiger partial charge in [-0.2, -0.15) is 23.1 Å². The molecule has 2 aromatic carbocycles. The molecule has 2 atom stereocenters. The molecule has 0 bridgehead atoms. The van der Waals surface area contributed by atoms with Crippen LogP contribution >= 0.6 is 0 Å². The second-order valence-corrected chi connectivity index (χ2v) is 14.9. The Bertz CT molecular complexity index is 2150. The number of nitrogens with zero attached hydrogens (tertiary/aromatic N) is 5. The van der Waals surface area contributed by atoms with Gasteiger partial charge in [0.05, 0.1) is 25.9 Å². The zero-order valence-corrected chi connectivity index (χ0v) is 29.7. The molecule has 0 amide bonds. The highest BCUT2D eigenvalue weighted by Crippen LogP contribution is 2.54. The summed E-state index contributed by atoms with van der Waals surface area (Å²) in [4.78, 5) is 18.0. The van der Waals surface area contributed by atoms with E-state index in [-0.39, 0.29) is 76.2 Å². The van der Waals surface area contributed by atoms with E-state index < -0.39 is 34.9 Å². The van der Waals surface area contributed by atoms with Crippen LogP contribution in [0.3, 0.4) is 0 Å². The van der Waals surface area contributed by atoms with Gasteiger partial charge in [-0.05, 0) is 62.2 Å². The molecule has 4 aromatic rings. The van der Waals surface area contributed by atoms with E-state index >= 15 is 8.78 Å². The monoisotopic (exact) mass is 753 g/mol. The van der Waals surface area contributed by atoms with Crippen molar-refractivity contribution in [3.63, 3.8) is 0 Å². The van der Waals surface area contributed by atoms with Gasteiger partial charge in [0.1, 0.15) is 34.0 Å². The molecular weight excluding hydrogens is 713 g/mol. The lowest BCUT2D eigenvalue weighted by Crippen LogP contribution is -2.66. The van der Waals surface area contributed by atoms with Crippen LogP contribution < -0.4 is 14.4 Å². The van der Waals surface area contributed by atoms with Gasteiger partial charge in [-0.3, -0.25) is 4.90 Å². The molecule has 0 spiro atoms. The van der Waals surface area contributed by atoms with Crippen LogP contribution in [-0.2, 0) is 4.74 Å². The number of piperidine rings is 1. The number of likely N-dealkylation sites (tertiary alicyclic amines) is 1. The van der Waals surface area contributed by atoms with Crippen LogP contribution in [0.5, 0.6) is 17.6 Å². The predicted molar refractivity (Wildman–Crippen MR) is 190 cm³/mol. The Morgan fingerprint density at radius 2 is 1.81 bits per heavy atom. The van der Waals surface area contributed by atoms with Crippen molar-refractivity contribution in [1.29, 1.82) is 0 Å². The molecule has 8 rings (SSSR count). The van der Waals surface area contributed by atoms with Gasteiger partial charge in [0.2, 0.25) is 5.88 Å². The van der Waals surface area contributed by atoms with Crippen molar-refractivity contribution in [2.75, 3.05) is 51.5 Å². The number of terminal acetylenes is 1. The summed E-state index contributed by atoms with van der Waals surface area (Å²) in [5.74, 6) is 0.831. The standard InChI is InChI=1S/C39H40F5N5O5/c1-3-25-27(40)9-8-22-17-24(50)18-26(29(22)25)32-31(41)33-30(35(45-32)52-2)34(48-12-6-15-53-16-14-48)47-36(46-33)54-21-37-10-4-7-28(37)49(13-5-11-37)23-19-38(51,20-23)39(42,43)44/h1,8-9,17-18,23,28,50-51H,4-7,10-16,19-21H2,2H3. The average Bonchev–Trinajstić information content (AvgIpc) is 3.38. The van der Waals surface area contributed by atoms with Gasteiger partial charge >= 0.3 is 12.2 Å². The van der Waals surface area contributed by atoms with Gasteiger partial charge < -0.3 is 29.3 Å². The fourth-order valence-corrected chi connectivity index (χ4v) is 9.20. The summed E-state index contributed by atoms with van der Waals surface area (Å²) in [5.41, 5.74) is -3.63. The van der Waals surface area contributed by atoms with E-state index in [0.717, 1.165) is 32.1 Å². The van der Waals surface area contributed by atoms with Crippen LogP contribution in [0.2, 0.25) is 0 Å². The van der Waals surface area contributed by atoms with Crippen LogP contribution in [0.15, 0.2) is 24.3 Å². The Hall–Kier alpha value is -4.52. The molecular formula is C39H40F5N5O5. The number of benzene rings is 2. The van der Waals surface area contributed by atoms with Gasteiger partial charge in [0.15, 0.2) is 11.4 Å². The minimum atomic E-state index is -4.68. The van der Waals surface area contributed by atoms with Crippen molar-refractivity contribution in [2.45, 2.75) is 75.2 Å². The molecule has 2 saturated heterocycles. The zero-order valence-electron chi connectivity index (χ0n) is 29.7. The normalized spacial score (nSPS) is 26.3. The van der Waals surface area contributed by atoms with Crippen molar-refractivity contribution in [2.24, 2.45) is 5.41 Å². The molecule has 286 valence electrons. The second-order valence-electron chi connectivity index (χ2n) is 14.9. The highest BCUT2D eigenvalue weighted by molar-refractivity contribution is 6.04. The van der Waals surface area contributed by atoms with Crippen LogP contribution in [-0.4, -0.2) is 100 Å². The number of methoxy groups -OCH3 is 1. The smallest absolute Gasteiger partial charge is 0.417 e. The van der Waals surface area contributed by atoms with Crippen molar-refractivity contribution < 1.29 is 46.4 Å². The quantitative estimate of drug-likeness (QED) is 0.160. The predicted octanol–water partition coefficient (Wildman–Crippen LogP) is 6.51. The molecule has 15 heteroatoms. The number of aromatic hydroxyl groups is 1. The van der Waals surface area contributed by atoms with Gasteiger partial charge in [-0.15, -0.1) is 6.42 Å². The second kappa shape index (κ2) is 13.6. The first kappa shape index (κ1) is 36.5. The maximum absolute atomic E-state index is 17.2. The summed E-state index contributed by atoms with van der Waals surface area (Å²) in [5, 5.41) is 21.6. The molecule has 0 radical (unpaired) electrons. The van der Waals surface area contributed by atoms with Gasteiger partial charge in [0.25, 0.3) is 0 Å². The van der Waals surface area contributed by atoms with E-state index in [1.165, 1.54) is 31.4 Å². The molecule has 2 saturated carbocycles. The first-order chi connectivity index (χ1) is 25.9. The van der Waals surface area contributed by atoms with Crippen LogP contribution in [0.1, 0.15) is 56.9 Å². The number of hydrogen-bond donors (Lipinski definition) is 2. The molecule has 2 aliphatic carbocycles. The third kappa shape index (κ3) is 6.02. The summed E-state index contributed by atoms with van der Waals surface area (Å²) in [6.07, 6.45) is 4.93. The average molecular weight is 754 g/mol. The maximum atomic E-state index is 17.2. The number of ether oxygens (including phenoxy) is 3. The number of alkyl halides is 3. The number of aromatic nitrogens is 3. The van der Waals surface area contributed by atoms with E-state index in [2.05, 4.69) is 20.8 Å². The van der Waals surface area contributed by atoms with Crippen molar-refractivity contribution in [3.05, 3.63) is 41.5 Å². The Labute approximate surface area is 308 Å². The Kier molecular flexibility index (Phi) is 9.22. The fourth-order valence-electron chi connectivity index (χ4n) is 9.20. The van der Waals surface area contributed by atoms with Crippen molar-refractivity contribution in [3.8, 4) is 41.2 Å². The number of fused-ring (bicyclic) bond motifs is 3. The van der Waals surface area contributed by atoms with Crippen molar-refractivity contribution >= 4 is 27.5 Å². The molecule has 2 N–H and O–H groups in total. The first-order valence-electron chi connectivity index (χ1n) is 18.2. The lowest BCUT2D eigenvalue weighted by molar-refractivity contribution is -0.303. The third-order valence-corrected chi connectivity index (χ3v) is 11.9. The highest BCUT2D eigenvalue weighted by Gasteiger charge is 2.64. The molecule has 2 aliphatic heterocycles. The van der Waals surface area contributed by atoms with Gasteiger partial charge in [0, 0.05) is 61.0 Å². The summed E-state index contributed by atoms with van der Waals surface area (Å²) >= 11 is 0. The molecule has 2 aromatic heterocycles. The molecule has 4 fully saturated rings. The number of halogens is 5. The zero-order chi connectivity index (χ0) is 38.0. The number of rotatable bonds is 7. The number of pyridine rings is 1. The lowest BCUT2D eigenvalue weighted by atomic mass is 9.69. The topological polar surface area (TPSA) is 113 Å². The van der Waals surface area contributed by atoms with Gasteiger partial charge in [-0.1, -0.05) is 18.4 Å². The summed E-state index contributed by atoms with van der Waals surface area (Å²) in [7, 11) is 1.38. The minimum absolute atomic E-state index is 0.0139. The molecule has 54 heavy (non-hydrogen) atoms. The summed E-state index contributed by atoms with van der Waals surface area (Å²) in [6.45, 7) is 2.64. The van der Waals surface area contributed by atoms with E-state index in [1.54, 1.807) is 0 Å². The molecule has 10 nitrogen and oxygen atoms in total. The van der Waals surface area contributed by atoms with Crippen molar-refractivity contribution in [1.82, 2.24) is 19.9 Å². The number of hydrogen-bond acceptors (Lipinski definition) is 10. The van der Waals surface area contributed by atoms with Gasteiger partial charge in [-0.25, -0.2) is 13.8 Å². The van der Waals surface area contributed by atoms with Crippen LogP contribution in [0.4, 0.5) is 27.8 Å². The number of phenolic OH excluding ortho intramolecular Hbond substituents is 1. The number of anilines is 1. The third-order valence-electron chi connectivity index (χ3n) is 11.9.